The number of phosphoric acid groups is 2. The molecule has 0 spiro atoms. The largest absolute Gasteiger partial charge is 0.472 e. The predicted octanol–water partition coefficient (Wildman–Crippen LogP) is 8.75. The second-order valence-corrected chi connectivity index (χ2v) is 18.5. The molecule has 0 rings (SSSR count). The average molecular weight is 875 g/mol. The number of allylic oxidation sites excluding steroid dienone is 1. The summed E-state index contributed by atoms with van der Waals surface area (Å²) in [6, 6.07) is 0. The lowest BCUT2D eigenvalue weighted by molar-refractivity contribution is -0.161. The van der Waals surface area contributed by atoms with E-state index in [1.165, 1.54) is 51.4 Å². The first-order valence-electron chi connectivity index (χ1n) is 21.9. The number of ether oxygens (including phenoxy) is 2. The van der Waals surface area contributed by atoms with E-state index in [0.717, 1.165) is 76.5 Å². The maximum Gasteiger partial charge on any atom is 0.472 e. The highest BCUT2D eigenvalue weighted by molar-refractivity contribution is 7.47. The maximum atomic E-state index is 12.7. The van der Waals surface area contributed by atoms with Crippen molar-refractivity contribution in [2.24, 2.45) is 5.92 Å². The molecule has 0 heterocycles. The molecule has 6 N–H and O–H groups in total. The van der Waals surface area contributed by atoms with Gasteiger partial charge in [-0.1, -0.05) is 142 Å². The number of aliphatic hydroxyl groups is 3. The molecule has 0 aromatic rings. The van der Waals surface area contributed by atoms with Gasteiger partial charge in [0.25, 0.3) is 0 Å². The van der Waals surface area contributed by atoms with Gasteiger partial charge in [-0.3, -0.25) is 23.2 Å². The Morgan fingerprint density at radius 2 is 1.07 bits per heavy atom. The fourth-order valence-electron chi connectivity index (χ4n) is 6.03. The molecule has 17 heteroatoms. The van der Waals surface area contributed by atoms with E-state index in [9.17, 15) is 38.9 Å². The number of carbonyl (C=O) groups is 2. The molecular weight excluding hydrogens is 794 g/mol. The Bertz CT molecular complexity index is 1130. The number of phosphoric ester groups is 2. The molecule has 15 nitrogen and oxygen atoms in total. The molecular formula is C41H80O15P2. The molecule has 0 aromatic heterocycles. The van der Waals surface area contributed by atoms with Gasteiger partial charge in [-0.2, -0.15) is 0 Å². The molecule has 0 aliphatic carbocycles. The molecule has 1 unspecified atom stereocenters. The molecule has 0 saturated heterocycles. The van der Waals surface area contributed by atoms with Gasteiger partial charge in [0, 0.05) is 12.8 Å². The molecule has 5 atom stereocenters. The zero-order valence-corrected chi connectivity index (χ0v) is 37.6. The quantitative estimate of drug-likeness (QED) is 0.0146. The van der Waals surface area contributed by atoms with E-state index in [1.54, 1.807) is 0 Å². The Labute approximate surface area is 348 Å². The van der Waals surface area contributed by atoms with Gasteiger partial charge in [-0.15, -0.1) is 0 Å². The van der Waals surface area contributed by atoms with Crippen LogP contribution in [0.4, 0.5) is 0 Å². The molecule has 0 aliphatic heterocycles. The highest BCUT2D eigenvalue weighted by Gasteiger charge is 2.28. The normalized spacial score (nSPS) is 15.3. The van der Waals surface area contributed by atoms with Crippen LogP contribution in [0.15, 0.2) is 12.2 Å². The van der Waals surface area contributed by atoms with E-state index in [4.69, 9.17) is 23.8 Å². The fraction of sp³-hybridized carbons (Fsp3) is 0.902. The summed E-state index contributed by atoms with van der Waals surface area (Å²) in [7, 11) is -9.71. The van der Waals surface area contributed by atoms with E-state index in [0.29, 0.717) is 25.7 Å². The number of rotatable bonds is 41. The van der Waals surface area contributed by atoms with Gasteiger partial charge in [0.1, 0.15) is 12.7 Å². The van der Waals surface area contributed by atoms with Crippen molar-refractivity contribution in [3.05, 3.63) is 12.2 Å². The van der Waals surface area contributed by atoms with Gasteiger partial charge in [-0.05, 0) is 44.4 Å². The zero-order chi connectivity index (χ0) is 43.5. The number of carbonyl (C=O) groups excluding carboxylic acids is 2. The number of esters is 2. The Balaban J connectivity index is 4.61. The minimum absolute atomic E-state index is 0.0991. The Morgan fingerprint density at radius 3 is 1.62 bits per heavy atom. The molecule has 0 amide bonds. The van der Waals surface area contributed by atoms with Gasteiger partial charge in [0.2, 0.25) is 0 Å². The average Bonchev–Trinajstić information content (AvgIpc) is 3.16. The Morgan fingerprint density at radius 1 is 0.569 bits per heavy atom. The van der Waals surface area contributed by atoms with Crippen LogP contribution < -0.4 is 0 Å². The molecule has 0 aromatic carbocycles. The van der Waals surface area contributed by atoms with Gasteiger partial charge in [-0.25, -0.2) is 9.13 Å². The van der Waals surface area contributed by atoms with Crippen LogP contribution in [-0.4, -0.2) is 92.8 Å². The Kier molecular flexibility index (Phi) is 35.7. The van der Waals surface area contributed by atoms with Gasteiger partial charge >= 0.3 is 27.6 Å². The smallest absolute Gasteiger partial charge is 0.462 e. The summed E-state index contributed by atoms with van der Waals surface area (Å²) < 4.78 is 47.7. The van der Waals surface area contributed by atoms with Crippen LogP contribution >= 0.6 is 15.6 Å². The number of unbranched alkanes of at least 4 members (excludes halogenated alkanes) is 17. The van der Waals surface area contributed by atoms with Crippen LogP contribution in [0.1, 0.15) is 181 Å². The van der Waals surface area contributed by atoms with Crippen LogP contribution in [0.5, 0.6) is 0 Å². The molecule has 0 fully saturated rings. The molecule has 0 bridgehead atoms. The van der Waals surface area contributed by atoms with Gasteiger partial charge in [0.15, 0.2) is 6.10 Å². The van der Waals surface area contributed by atoms with E-state index in [-0.39, 0.29) is 12.8 Å². The summed E-state index contributed by atoms with van der Waals surface area (Å²) in [4.78, 5) is 52.7. The fourth-order valence-corrected chi connectivity index (χ4v) is 7.18. The van der Waals surface area contributed by atoms with Crippen molar-refractivity contribution in [3.8, 4) is 0 Å². The van der Waals surface area contributed by atoms with Crippen LogP contribution in [0.3, 0.4) is 0 Å². The summed E-state index contributed by atoms with van der Waals surface area (Å²) >= 11 is 0. The van der Waals surface area contributed by atoms with E-state index >= 15 is 0 Å². The first-order chi connectivity index (χ1) is 27.5. The van der Waals surface area contributed by atoms with Crippen LogP contribution in [0.25, 0.3) is 0 Å². The SMILES string of the molecule is CCCCC/C=C\C[C@@H](O)[C@H](O)CCCCCCCC(=O)OC[C@H](COP(=O)(O)OC[C@@H](O)COP(=O)(O)O)OC(=O)CCCCCCCCCCCCCC(C)C. The minimum Gasteiger partial charge on any atom is -0.462 e. The van der Waals surface area contributed by atoms with Crippen molar-refractivity contribution in [1.82, 2.24) is 0 Å². The summed E-state index contributed by atoms with van der Waals surface area (Å²) in [5, 5.41) is 30.2. The van der Waals surface area contributed by atoms with Crippen molar-refractivity contribution in [1.29, 1.82) is 0 Å². The summed E-state index contributed by atoms with van der Waals surface area (Å²) in [5.74, 6) is -0.366. The van der Waals surface area contributed by atoms with Crippen molar-refractivity contribution in [3.63, 3.8) is 0 Å². The number of hydrogen-bond donors (Lipinski definition) is 6. The second-order valence-electron chi connectivity index (χ2n) is 15.8. The first kappa shape index (κ1) is 56.8. The topological polar surface area (TPSA) is 236 Å². The number of aliphatic hydroxyl groups excluding tert-OH is 3. The monoisotopic (exact) mass is 874 g/mol. The molecule has 0 aliphatic rings. The predicted molar refractivity (Wildman–Crippen MR) is 224 cm³/mol. The third kappa shape index (κ3) is 38.9. The Hall–Kier alpha value is -1.22. The molecule has 0 radical (unpaired) electrons. The van der Waals surface area contributed by atoms with Crippen molar-refractivity contribution in [2.45, 2.75) is 206 Å². The van der Waals surface area contributed by atoms with Crippen molar-refractivity contribution < 1.29 is 71.8 Å². The van der Waals surface area contributed by atoms with E-state index in [2.05, 4.69) is 35.9 Å². The third-order valence-corrected chi connectivity index (χ3v) is 11.0. The molecule has 0 saturated carbocycles. The highest BCUT2D eigenvalue weighted by Crippen LogP contribution is 2.43. The van der Waals surface area contributed by atoms with Crippen LogP contribution in [0.2, 0.25) is 0 Å². The van der Waals surface area contributed by atoms with Gasteiger partial charge < -0.3 is 39.5 Å². The summed E-state index contributed by atoms with van der Waals surface area (Å²) in [6.45, 7) is 3.84. The minimum atomic E-state index is -4.88. The van der Waals surface area contributed by atoms with Gasteiger partial charge in [0.05, 0.1) is 32.0 Å². The summed E-state index contributed by atoms with van der Waals surface area (Å²) in [5.41, 5.74) is 0. The molecule has 58 heavy (non-hydrogen) atoms. The van der Waals surface area contributed by atoms with E-state index < -0.39 is 78.4 Å². The summed E-state index contributed by atoms with van der Waals surface area (Å²) in [6.07, 6.45) is 22.4. The van der Waals surface area contributed by atoms with Crippen molar-refractivity contribution >= 4 is 27.6 Å². The lowest BCUT2D eigenvalue weighted by Crippen LogP contribution is -2.30. The lowest BCUT2D eigenvalue weighted by Gasteiger charge is -2.20. The molecule has 344 valence electrons. The van der Waals surface area contributed by atoms with Crippen molar-refractivity contribution in [2.75, 3.05) is 26.4 Å². The zero-order valence-electron chi connectivity index (χ0n) is 35.8. The number of hydrogen-bond acceptors (Lipinski definition) is 12. The van der Waals surface area contributed by atoms with E-state index in [1.807, 2.05) is 6.08 Å². The third-order valence-electron chi connectivity index (χ3n) is 9.52. The van der Waals surface area contributed by atoms with Crippen LogP contribution in [0, 0.1) is 5.92 Å². The standard InChI is InChI=1S/C41H80O15P2/c1-4-5-6-7-17-22-27-38(43)39(44)28-23-18-15-20-24-29-40(45)52-33-37(34-55-58(50,51)54-32-36(42)31-53-57(47,48)49)56-41(46)30-25-19-14-12-10-8-9-11-13-16-21-26-35(2)3/h17,22,35-39,42-44H,4-16,18-21,23-34H2,1-3H3,(H,50,51)(H2,47,48,49)/b22-17-/t36-,37+,38+,39+/m0/s1. The van der Waals surface area contributed by atoms with Crippen LogP contribution in [-0.2, 0) is 41.8 Å². The second kappa shape index (κ2) is 36.4. The highest BCUT2D eigenvalue weighted by atomic mass is 31.2. The first-order valence-corrected chi connectivity index (χ1v) is 24.9. The maximum absolute atomic E-state index is 12.7. The lowest BCUT2D eigenvalue weighted by atomic mass is 10.0.